The third kappa shape index (κ3) is 4.41. The van der Waals surface area contributed by atoms with E-state index in [0.717, 1.165) is 12.1 Å². The third-order valence-corrected chi connectivity index (χ3v) is 5.69. The maximum Gasteiger partial charge on any atom is 0.362 e. The number of rotatable bonds is 6. The second-order valence-electron chi connectivity index (χ2n) is 6.96. The molecule has 1 fully saturated rings. The highest BCUT2D eigenvalue weighted by molar-refractivity contribution is 7.85. The van der Waals surface area contributed by atoms with E-state index in [0.29, 0.717) is 6.07 Å². The first kappa shape index (κ1) is 22.7. The monoisotopic (exact) mass is 484 g/mol. The smallest absolute Gasteiger partial charge is 0.362 e. The molecule has 1 aromatic carbocycles. The Hall–Kier alpha value is -3.44. The zero-order chi connectivity index (χ0) is 23.9. The van der Waals surface area contributed by atoms with E-state index in [-0.39, 0.29) is 17.0 Å². The SMILES string of the molecule is Nc1ncnc2c1ncn2C1OC(COS(=O)(=O)NC(=O)c2ccc(F)cc2O)[C@@H](O)[C@H]1O. The molecule has 2 unspecified atom stereocenters. The number of ether oxygens (including phenoxy) is 1. The van der Waals surface area contributed by atoms with Crippen LogP contribution in [0.5, 0.6) is 5.75 Å². The first-order chi connectivity index (χ1) is 15.6. The Morgan fingerprint density at radius 1 is 1.27 bits per heavy atom. The van der Waals surface area contributed by atoms with Gasteiger partial charge in [0.1, 0.15) is 41.7 Å². The normalized spacial score (nSPS) is 23.1. The van der Waals surface area contributed by atoms with Gasteiger partial charge in [0.05, 0.1) is 18.5 Å². The summed E-state index contributed by atoms with van der Waals surface area (Å²) < 4.78 is 50.3. The molecule has 2 aromatic heterocycles. The van der Waals surface area contributed by atoms with Gasteiger partial charge in [-0.2, -0.15) is 8.42 Å². The Bertz CT molecular complexity index is 1320. The van der Waals surface area contributed by atoms with Gasteiger partial charge in [0.2, 0.25) is 0 Å². The fourth-order valence-corrected chi connectivity index (χ4v) is 3.91. The molecule has 1 aliphatic rings. The van der Waals surface area contributed by atoms with Gasteiger partial charge in [-0.25, -0.2) is 24.1 Å². The molecule has 16 heteroatoms. The zero-order valence-corrected chi connectivity index (χ0v) is 17.3. The molecule has 6 N–H and O–H groups in total. The lowest BCUT2D eigenvalue weighted by Gasteiger charge is -2.16. The van der Waals surface area contributed by atoms with Crippen molar-refractivity contribution in [2.75, 3.05) is 12.3 Å². The van der Waals surface area contributed by atoms with Gasteiger partial charge in [-0.3, -0.25) is 13.5 Å². The topological polar surface area (TPSA) is 212 Å². The molecule has 3 heterocycles. The number of aromatic nitrogens is 4. The van der Waals surface area contributed by atoms with Crippen LogP contribution in [0.15, 0.2) is 30.9 Å². The second kappa shape index (κ2) is 8.49. The number of halogens is 1. The van der Waals surface area contributed by atoms with Crippen LogP contribution < -0.4 is 10.5 Å². The molecule has 1 saturated heterocycles. The minimum absolute atomic E-state index is 0.0840. The lowest BCUT2D eigenvalue weighted by Crippen LogP contribution is -2.37. The number of phenols is 1. The number of fused-ring (bicyclic) bond motifs is 1. The molecule has 176 valence electrons. The van der Waals surface area contributed by atoms with E-state index in [1.165, 1.54) is 21.9 Å². The van der Waals surface area contributed by atoms with Crippen molar-refractivity contribution in [1.29, 1.82) is 0 Å². The van der Waals surface area contributed by atoms with Crippen molar-refractivity contribution in [3.8, 4) is 5.75 Å². The lowest BCUT2D eigenvalue weighted by molar-refractivity contribution is -0.0468. The highest BCUT2D eigenvalue weighted by Crippen LogP contribution is 2.32. The average Bonchev–Trinajstić information content (AvgIpc) is 3.29. The van der Waals surface area contributed by atoms with Crippen molar-refractivity contribution in [3.63, 3.8) is 0 Å². The average molecular weight is 484 g/mol. The summed E-state index contributed by atoms with van der Waals surface area (Å²) in [5, 5.41) is 30.2. The number of nitrogen functional groups attached to an aromatic ring is 1. The fraction of sp³-hybridized carbons (Fsp3) is 0.294. The summed E-state index contributed by atoms with van der Waals surface area (Å²) in [7, 11) is -4.73. The van der Waals surface area contributed by atoms with Gasteiger partial charge >= 0.3 is 10.3 Å². The van der Waals surface area contributed by atoms with Crippen LogP contribution in [0.2, 0.25) is 0 Å². The van der Waals surface area contributed by atoms with E-state index >= 15 is 0 Å². The van der Waals surface area contributed by atoms with E-state index in [1.807, 2.05) is 0 Å². The molecule has 0 spiro atoms. The Balaban J connectivity index is 1.43. The number of anilines is 1. The first-order valence-corrected chi connectivity index (χ1v) is 10.6. The number of amides is 1. The fourth-order valence-electron chi connectivity index (χ4n) is 3.20. The number of nitrogens with one attached hydrogen (secondary N) is 1. The number of aliphatic hydroxyl groups is 2. The zero-order valence-electron chi connectivity index (χ0n) is 16.4. The van der Waals surface area contributed by atoms with Crippen molar-refractivity contribution < 1.29 is 41.8 Å². The Morgan fingerprint density at radius 3 is 2.76 bits per heavy atom. The highest BCUT2D eigenvalue weighted by atomic mass is 32.2. The summed E-state index contributed by atoms with van der Waals surface area (Å²) in [4.78, 5) is 23.9. The van der Waals surface area contributed by atoms with Gasteiger partial charge in [0.15, 0.2) is 17.7 Å². The molecule has 1 aliphatic heterocycles. The van der Waals surface area contributed by atoms with Crippen LogP contribution in [-0.4, -0.2) is 74.1 Å². The summed E-state index contributed by atoms with van der Waals surface area (Å²) in [5.41, 5.74) is 5.65. The summed E-state index contributed by atoms with van der Waals surface area (Å²) >= 11 is 0. The summed E-state index contributed by atoms with van der Waals surface area (Å²) in [5.74, 6) is -2.80. The van der Waals surface area contributed by atoms with Gasteiger partial charge in [-0.05, 0) is 12.1 Å². The predicted octanol–water partition coefficient (Wildman–Crippen LogP) is -1.44. The number of aliphatic hydroxyl groups excluding tert-OH is 2. The number of aromatic hydroxyl groups is 1. The Kier molecular flexibility index (Phi) is 5.85. The molecule has 33 heavy (non-hydrogen) atoms. The van der Waals surface area contributed by atoms with Crippen molar-refractivity contribution >= 4 is 33.2 Å². The standard InChI is InChI=1S/C17H17FN6O8S/c18-7-1-2-8(9(25)3-7)16(28)23-33(29,30)31-4-10-12(26)13(27)17(32-10)24-6-22-11-14(19)20-5-21-15(11)24/h1-3,5-6,10,12-13,17,25-27H,4H2,(H,23,28)(H2,19,20,21)/t10?,12-,13-,17?/m1/s1. The van der Waals surface area contributed by atoms with Crippen LogP contribution in [0.25, 0.3) is 11.2 Å². The molecule has 0 saturated carbocycles. The van der Waals surface area contributed by atoms with Crippen molar-refractivity contribution in [3.05, 3.63) is 42.2 Å². The van der Waals surface area contributed by atoms with Gasteiger partial charge in [-0.15, -0.1) is 0 Å². The predicted molar refractivity (Wildman–Crippen MR) is 106 cm³/mol. The number of imidazole rings is 1. The molecule has 4 rings (SSSR count). The number of nitrogens with two attached hydrogens (primary N) is 1. The minimum atomic E-state index is -4.73. The summed E-state index contributed by atoms with van der Waals surface area (Å²) in [6, 6.07) is 2.36. The van der Waals surface area contributed by atoms with Gasteiger partial charge < -0.3 is 25.8 Å². The van der Waals surface area contributed by atoms with Crippen LogP contribution in [0, 0.1) is 5.82 Å². The maximum absolute atomic E-state index is 13.0. The second-order valence-corrected chi connectivity index (χ2v) is 8.31. The molecule has 0 radical (unpaired) electrons. The summed E-state index contributed by atoms with van der Waals surface area (Å²) in [6.45, 7) is -0.781. The van der Waals surface area contributed by atoms with Crippen LogP contribution >= 0.6 is 0 Å². The number of carbonyl (C=O) groups is 1. The molecule has 1 amide bonds. The Morgan fingerprint density at radius 2 is 2.03 bits per heavy atom. The molecular weight excluding hydrogens is 467 g/mol. The first-order valence-electron chi connectivity index (χ1n) is 9.22. The number of hydrogen-bond acceptors (Lipinski definition) is 12. The van der Waals surface area contributed by atoms with Gasteiger partial charge in [-0.1, -0.05) is 0 Å². The van der Waals surface area contributed by atoms with E-state index < -0.39 is 64.5 Å². The van der Waals surface area contributed by atoms with Crippen molar-refractivity contribution in [2.24, 2.45) is 0 Å². The van der Waals surface area contributed by atoms with Crippen LogP contribution in [0.4, 0.5) is 10.2 Å². The van der Waals surface area contributed by atoms with Gasteiger partial charge in [0, 0.05) is 6.07 Å². The number of hydrogen-bond donors (Lipinski definition) is 5. The number of phenolic OH excluding ortho intramolecular Hbond substituents is 1. The maximum atomic E-state index is 13.0. The molecule has 14 nitrogen and oxygen atoms in total. The van der Waals surface area contributed by atoms with Crippen molar-refractivity contribution in [1.82, 2.24) is 24.2 Å². The van der Waals surface area contributed by atoms with E-state index in [1.54, 1.807) is 0 Å². The van der Waals surface area contributed by atoms with Crippen LogP contribution in [-0.2, 0) is 19.2 Å². The molecule has 0 aliphatic carbocycles. The largest absolute Gasteiger partial charge is 0.507 e. The summed E-state index contributed by atoms with van der Waals surface area (Å²) in [6.07, 6.45) is -3.19. The van der Waals surface area contributed by atoms with Crippen LogP contribution in [0.3, 0.4) is 0 Å². The highest BCUT2D eigenvalue weighted by Gasteiger charge is 2.45. The Labute approximate surface area is 184 Å². The number of benzene rings is 1. The molecule has 4 atom stereocenters. The van der Waals surface area contributed by atoms with E-state index in [2.05, 4.69) is 19.1 Å². The van der Waals surface area contributed by atoms with Crippen molar-refractivity contribution in [2.45, 2.75) is 24.5 Å². The molecule has 0 bridgehead atoms. The molecular formula is C17H17FN6O8S. The number of nitrogens with zero attached hydrogens (tertiary/aromatic N) is 4. The third-order valence-electron chi connectivity index (χ3n) is 4.81. The van der Waals surface area contributed by atoms with Crippen LogP contribution in [0.1, 0.15) is 16.6 Å². The lowest BCUT2D eigenvalue weighted by atomic mass is 10.1. The van der Waals surface area contributed by atoms with E-state index in [9.17, 15) is 32.9 Å². The molecule has 3 aromatic rings. The quantitative estimate of drug-likeness (QED) is 0.272. The minimum Gasteiger partial charge on any atom is -0.507 e. The van der Waals surface area contributed by atoms with E-state index in [4.69, 9.17) is 10.5 Å². The van der Waals surface area contributed by atoms with Gasteiger partial charge in [0.25, 0.3) is 5.91 Å². The number of carbonyl (C=O) groups excluding carboxylic acids is 1.